The number of nitrogens with one attached hydrogen (secondary N) is 1. The molecule has 28 heavy (non-hydrogen) atoms. The van der Waals surface area contributed by atoms with Crippen molar-refractivity contribution in [2.45, 2.75) is 6.92 Å². The van der Waals surface area contributed by atoms with Gasteiger partial charge in [0.2, 0.25) is 5.91 Å². The van der Waals surface area contributed by atoms with E-state index in [1.807, 2.05) is 41.3 Å². The average Bonchev–Trinajstić information content (AvgIpc) is 2.72. The third-order valence-electron chi connectivity index (χ3n) is 4.61. The second-order valence-corrected chi connectivity index (χ2v) is 6.54. The maximum absolute atomic E-state index is 12.5. The van der Waals surface area contributed by atoms with Gasteiger partial charge in [0.1, 0.15) is 0 Å². The number of piperazine rings is 1. The summed E-state index contributed by atoms with van der Waals surface area (Å²) in [5, 5.41) is 2.76. The summed E-state index contributed by atoms with van der Waals surface area (Å²) < 4.78 is 10.9. The van der Waals surface area contributed by atoms with Gasteiger partial charge in [0.25, 0.3) is 5.91 Å². The molecule has 1 aliphatic heterocycles. The van der Waals surface area contributed by atoms with Crippen LogP contribution in [0.25, 0.3) is 0 Å². The Kier molecular flexibility index (Phi) is 6.37. The summed E-state index contributed by atoms with van der Waals surface area (Å²) in [5.41, 5.74) is 1.85. The van der Waals surface area contributed by atoms with Crippen molar-refractivity contribution in [2.24, 2.45) is 0 Å². The molecular formula is C21H25N3O4. The van der Waals surface area contributed by atoms with E-state index in [1.54, 1.807) is 19.2 Å². The van der Waals surface area contributed by atoms with Crippen LogP contribution < -0.4 is 19.7 Å². The van der Waals surface area contributed by atoms with Gasteiger partial charge in [-0.2, -0.15) is 0 Å². The number of ether oxygens (including phenoxy) is 2. The zero-order chi connectivity index (χ0) is 19.9. The van der Waals surface area contributed by atoms with Crippen molar-refractivity contribution in [3.8, 4) is 11.5 Å². The number of para-hydroxylation sites is 2. The summed E-state index contributed by atoms with van der Waals surface area (Å²) in [5.74, 6) is 1.06. The number of amides is 2. The van der Waals surface area contributed by atoms with Crippen LogP contribution in [-0.4, -0.2) is 56.6 Å². The molecule has 7 nitrogen and oxygen atoms in total. The van der Waals surface area contributed by atoms with Crippen LogP contribution in [0.2, 0.25) is 0 Å². The first-order valence-corrected chi connectivity index (χ1v) is 9.23. The number of hydrogen-bond acceptors (Lipinski definition) is 5. The third-order valence-corrected chi connectivity index (χ3v) is 4.61. The van der Waals surface area contributed by atoms with Crippen LogP contribution in [0.5, 0.6) is 11.5 Å². The maximum atomic E-state index is 12.5. The van der Waals surface area contributed by atoms with Gasteiger partial charge in [0.15, 0.2) is 18.1 Å². The number of hydrogen-bond donors (Lipinski definition) is 1. The van der Waals surface area contributed by atoms with Crippen LogP contribution in [-0.2, 0) is 9.59 Å². The largest absolute Gasteiger partial charge is 0.493 e. The lowest BCUT2D eigenvalue weighted by Crippen LogP contribution is -2.50. The molecule has 1 saturated heterocycles. The van der Waals surface area contributed by atoms with E-state index in [2.05, 4.69) is 10.2 Å². The van der Waals surface area contributed by atoms with E-state index >= 15 is 0 Å². The Morgan fingerprint density at radius 3 is 2.21 bits per heavy atom. The monoisotopic (exact) mass is 383 g/mol. The van der Waals surface area contributed by atoms with Crippen LogP contribution in [0.1, 0.15) is 6.92 Å². The van der Waals surface area contributed by atoms with Gasteiger partial charge in [-0.3, -0.25) is 9.59 Å². The van der Waals surface area contributed by atoms with Gasteiger partial charge in [0, 0.05) is 44.5 Å². The first kappa shape index (κ1) is 19.5. The topological polar surface area (TPSA) is 71.1 Å². The highest BCUT2D eigenvalue weighted by Gasteiger charge is 2.22. The highest BCUT2D eigenvalue weighted by molar-refractivity contribution is 5.88. The summed E-state index contributed by atoms with van der Waals surface area (Å²) in [4.78, 5) is 27.6. The van der Waals surface area contributed by atoms with Crippen molar-refractivity contribution in [2.75, 3.05) is 50.1 Å². The molecule has 1 fully saturated rings. The summed E-state index contributed by atoms with van der Waals surface area (Å²) in [6.45, 7) is 4.26. The van der Waals surface area contributed by atoms with Gasteiger partial charge < -0.3 is 24.6 Å². The molecule has 2 amide bonds. The number of methoxy groups -OCH3 is 1. The quantitative estimate of drug-likeness (QED) is 0.829. The Morgan fingerprint density at radius 2 is 1.61 bits per heavy atom. The van der Waals surface area contributed by atoms with Crippen LogP contribution in [0.15, 0.2) is 48.5 Å². The maximum Gasteiger partial charge on any atom is 0.260 e. The molecule has 1 N–H and O–H groups in total. The first-order valence-electron chi connectivity index (χ1n) is 9.23. The molecule has 3 rings (SSSR count). The molecule has 2 aromatic rings. The van der Waals surface area contributed by atoms with E-state index in [4.69, 9.17) is 9.47 Å². The number of benzene rings is 2. The summed E-state index contributed by atoms with van der Waals surface area (Å²) in [7, 11) is 1.58. The zero-order valence-corrected chi connectivity index (χ0v) is 16.2. The molecule has 0 saturated carbocycles. The van der Waals surface area contributed by atoms with Crippen LogP contribution in [0.3, 0.4) is 0 Å². The molecular weight excluding hydrogens is 358 g/mol. The first-order chi connectivity index (χ1) is 13.6. The van der Waals surface area contributed by atoms with Crippen molar-refractivity contribution in [3.05, 3.63) is 48.5 Å². The summed E-state index contributed by atoms with van der Waals surface area (Å²) in [6.07, 6.45) is 0. The number of nitrogens with zero attached hydrogens (tertiary/aromatic N) is 2. The lowest BCUT2D eigenvalue weighted by atomic mass is 10.2. The van der Waals surface area contributed by atoms with Gasteiger partial charge in [-0.1, -0.05) is 12.1 Å². The molecule has 2 aromatic carbocycles. The van der Waals surface area contributed by atoms with Crippen molar-refractivity contribution in [3.63, 3.8) is 0 Å². The minimum Gasteiger partial charge on any atom is -0.493 e. The summed E-state index contributed by atoms with van der Waals surface area (Å²) in [6, 6.07) is 15.0. The van der Waals surface area contributed by atoms with Crippen LogP contribution >= 0.6 is 0 Å². The molecule has 0 spiro atoms. The van der Waals surface area contributed by atoms with E-state index in [1.165, 1.54) is 6.92 Å². The zero-order valence-electron chi connectivity index (χ0n) is 16.2. The minimum atomic E-state index is -0.0878. The fraction of sp³-hybridized carbons (Fsp3) is 0.333. The second kappa shape index (κ2) is 9.12. The molecule has 0 aromatic heterocycles. The fourth-order valence-electron chi connectivity index (χ4n) is 3.14. The Labute approximate surface area is 164 Å². The molecule has 1 heterocycles. The molecule has 148 valence electrons. The van der Waals surface area contributed by atoms with Gasteiger partial charge in [-0.05, 0) is 36.4 Å². The number of anilines is 2. The van der Waals surface area contributed by atoms with E-state index < -0.39 is 0 Å². The van der Waals surface area contributed by atoms with Crippen molar-refractivity contribution in [1.29, 1.82) is 0 Å². The SMILES string of the molecule is COc1ccccc1OCC(=O)N1CCN(c2ccc(NC(C)=O)cc2)CC1. The lowest BCUT2D eigenvalue weighted by molar-refractivity contribution is -0.133. The van der Waals surface area contributed by atoms with Crippen molar-refractivity contribution in [1.82, 2.24) is 4.90 Å². The fourth-order valence-corrected chi connectivity index (χ4v) is 3.14. The molecule has 0 unspecified atom stereocenters. The Hall–Kier alpha value is -3.22. The molecule has 1 aliphatic rings. The smallest absolute Gasteiger partial charge is 0.260 e. The number of rotatable bonds is 6. The second-order valence-electron chi connectivity index (χ2n) is 6.54. The third kappa shape index (κ3) is 4.94. The van der Waals surface area contributed by atoms with E-state index in [9.17, 15) is 9.59 Å². The normalized spacial score (nSPS) is 13.8. The van der Waals surface area contributed by atoms with Gasteiger partial charge in [-0.15, -0.1) is 0 Å². The highest BCUT2D eigenvalue weighted by Crippen LogP contribution is 2.26. The van der Waals surface area contributed by atoms with Crippen LogP contribution in [0, 0.1) is 0 Å². The highest BCUT2D eigenvalue weighted by atomic mass is 16.5. The standard InChI is InChI=1S/C21H25N3O4/c1-16(25)22-17-7-9-18(10-8-17)23-11-13-24(14-12-23)21(26)15-28-20-6-4-3-5-19(20)27-2/h3-10H,11-15H2,1-2H3,(H,22,25). The molecule has 0 radical (unpaired) electrons. The lowest BCUT2D eigenvalue weighted by Gasteiger charge is -2.36. The predicted octanol–water partition coefficient (Wildman–Crippen LogP) is 2.38. The number of carbonyl (C=O) groups excluding carboxylic acids is 2. The van der Waals surface area contributed by atoms with Crippen molar-refractivity contribution < 1.29 is 19.1 Å². The van der Waals surface area contributed by atoms with E-state index in [-0.39, 0.29) is 18.4 Å². The van der Waals surface area contributed by atoms with Gasteiger partial charge in [0.05, 0.1) is 7.11 Å². The molecule has 0 atom stereocenters. The minimum absolute atomic E-state index is 0.00815. The Morgan fingerprint density at radius 1 is 0.964 bits per heavy atom. The summed E-state index contributed by atoms with van der Waals surface area (Å²) >= 11 is 0. The molecule has 7 heteroatoms. The predicted molar refractivity (Wildman–Crippen MR) is 108 cm³/mol. The Bertz CT molecular complexity index is 815. The van der Waals surface area contributed by atoms with E-state index in [0.29, 0.717) is 24.6 Å². The average molecular weight is 383 g/mol. The Balaban J connectivity index is 1.49. The van der Waals surface area contributed by atoms with Gasteiger partial charge in [-0.25, -0.2) is 0 Å². The van der Waals surface area contributed by atoms with Crippen LogP contribution in [0.4, 0.5) is 11.4 Å². The van der Waals surface area contributed by atoms with Crippen molar-refractivity contribution >= 4 is 23.2 Å². The molecule has 0 aliphatic carbocycles. The molecule has 0 bridgehead atoms. The number of carbonyl (C=O) groups is 2. The van der Waals surface area contributed by atoms with Gasteiger partial charge >= 0.3 is 0 Å². The van der Waals surface area contributed by atoms with E-state index in [0.717, 1.165) is 24.5 Å².